The lowest BCUT2D eigenvalue weighted by molar-refractivity contribution is 0.168. The summed E-state index contributed by atoms with van der Waals surface area (Å²) in [6, 6.07) is 4.93. The van der Waals surface area contributed by atoms with E-state index in [4.69, 9.17) is 10.6 Å². The molecule has 1 heterocycles. The maximum Gasteiger partial charge on any atom is 0.244 e. The van der Waals surface area contributed by atoms with Crippen molar-refractivity contribution in [2.24, 2.45) is 0 Å². The average Bonchev–Trinajstić information content (AvgIpc) is 2.82. The van der Waals surface area contributed by atoms with Crippen molar-refractivity contribution >= 4 is 21.4 Å². The van der Waals surface area contributed by atoms with Crippen molar-refractivity contribution in [1.29, 1.82) is 0 Å². The molecule has 1 aromatic rings. The highest BCUT2D eigenvalue weighted by Crippen LogP contribution is 2.32. The number of hydrogen-bond acceptors (Lipinski definition) is 5. The Hall–Kier alpha value is -1.31. The van der Waals surface area contributed by atoms with Crippen molar-refractivity contribution in [3.63, 3.8) is 0 Å². The van der Waals surface area contributed by atoms with Crippen LogP contribution in [0.1, 0.15) is 6.42 Å². The first kappa shape index (κ1) is 13.1. The Bertz CT molecular complexity index is 536. The van der Waals surface area contributed by atoms with E-state index in [0.717, 1.165) is 17.3 Å². The predicted molar refractivity (Wildman–Crippen MR) is 69.6 cm³/mol. The standard InChI is InChI=1S/C11H17N3O3S/c1-13(2)18(15,16)10-6-3-5-9(11(10)12)14-7-4-8-17-14/h3,5-6H,4,7-8,12H2,1-2H3. The van der Waals surface area contributed by atoms with Crippen LogP contribution < -0.4 is 10.8 Å². The normalized spacial score (nSPS) is 16.5. The highest BCUT2D eigenvalue weighted by atomic mass is 32.2. The third kappa shape index (κ3) is 2.16. The van der Waals surface area contributed by atoms with E-state index in [-0.39, 0.29) is 10.6 Å². The number of rotatable bonds is 3. The fraction of sp³-hybridized carbons (Fsp3) is 0.455. The van der Waals surface area contributed by atoms with Crippen molar-refractivity contribution in [2.75, 3.05) is 38.0 Å². The molecule has 1 aliphatic heterocycles. The Morgan fingerprint density at radius 2 is 2.11 bits per heavy atom. The molecule has 0 amide bonds. The molecule has 0 saturated carbocycles. The number of benzene rings is 1. The van der Waals surface area contributed by atoms with Crippen LogP contribution in [0, 0.1) is 0 Å². The van der Waals surface area contributed by atoms with Gasteiger partial charge in [0, 0.05) is 20.6 Å². The summed E-state index contributed by atoms with van der Waals surface area (Å²) in [5.41, 5.74) is 6.80. The first-order valence-electron chi connectivity index (χ1n) is 5.66. The van der Waals surface area contributed by atoms with Gasteiger partial charge in [-0.25, -0.2) is 12.7 Å². The predicted octanol–water partition coefficient (Wildman–Crippen LogP) is 0.661. The Kier molecular flexibility index (Phi) is 3.47. The summed E-state index contributed by atoms with van der Waals surface area (Å²) in [4.78, 5) is 5.50. The first-order chi connectivity index (χ1) is 8.44. The maximum absolute atomic E-state index is 12.1. The Morgan fingerprint density at radius 3 is 2.67 bits per heavy atom. The van der Waals surface area contributed by atoms with Crippen LogP contribution in [0.4, 0.5) is 11.4 Å². The Labute approximate surface area is 107 Å². The molecule has 0 aromatic heterocycles. The van der Waals surface area contributed by atoms with Crippen molar-refractivity contribution in [3.05, 3.63) is 18.2 Å². The highest BCUT2D eigenvalue weighted by molar-refractivity contribution is 7.89. The van der Waals surface area contributed by atoms with E-state index < -0.39 is 10.0 Å². The summed E-state index contributed by atoms with van der Waals surface area (Å²) in [5, 5.41) is 1.64. The van der Waals surface area contributed by atoms with Crippen LogP contribution in [0.15, 0.2) is 23.1 Å². The van der Waals surface area contributed by atoms with E-state index in [1.165, 1.54) is 20.2 Å². The van der Waals surface area contributed by atoms with E-state index in [9.17, 15) is 8.42 Å². The largest absolute Gasteiger partial charge is 0.396 e. The van der Waals surface area contributed by atoms with E-state index in [1.54, 1.807) is 17.2 Å². The van der Waals surface area contributed by atoms with Gasteiger partial charge in [0.15, 0.2) is 0 Å². The summed E-state index contributed by atoms with van der Waals surface area (Å²) in [7, 11) is -0.574. The fourth-order valence-corrected chi connectivity index (χ4v) is 2.84. The van der Waals surface area contributed by atoms with Gasteiger partial charge in [-0.1, -0.05) is 6.07 Å². The molecule has 100 valence electrons. The SMILES string of the molecule is CN(C)S(=O)(=O)c1cccc(N2CCCO2)c1N. The number of sulfonamides is 1. The minimum atomic E-state index is -3.53. The molecule has 7 heteroatoms. The maximum atomic E-state index is 12.1. The zero-order valence-corrected chi connectivity index (χ0v) is 11.3. The number of nitrogens with zero attached hydrogens (tertiary/aromatic N) is 2. The van der Waals surface area contributed by atoms with Crippen LogP contribution in [-0.4, -0.2) is 40.0 Å². The van der Waals surface area contributed by atoms with Crippen molar-refractivity contribution in [3.8, 4) is 0 Å². The van der Waals surface area contributed by atoms with Gasteiger partial charge in [-0.2, -0.15) is 0 Å². The highest BCUT2D eigenvalue weighted by Gasteiger charge is 2.24. The van der Waals surface area contributed by atoms with Crippen LogP contribution in [0.3, 0.4) is 0 Å². The first-order valence-corrected chi connectivity index (χ1v) is 7.10. The molecule has 0 bridgehead atoms. The molecule has 0 aliphatic carbocycles. The van der Waals surface area contributed by atoms with E-state index in [0.29, 0.717) is 12.3 Å². The average molecular weight is 271 g/mol. The van der Waals surface area contributed by atoms with Crippen LogP contribution in [-0.2, 0) is 14.9 Å². The molecule has 1 aromatic carbocycles. The lowest BCUT2D eigenvalue weighted by Gasteiger charge is -2.21. The summed E-state index contributed by atoms with van der Waals surface area (Å²) in [5.74, 6) is 0. The molecular weight excluding hydrogens is 254 g/mol. The van der Waals surface area contributed by atoms with Gasteiger partial charge in [0.2, 0.25) is 10.0 Å². The third-order valence-electron chi connectivity index (χ3n) is 2.82. The van der Waals surface area contributed by atoms with Crippen LogP contribution in [0.2, 0.25) is 0 Å². The van der Waals surface area contributed by atoms with Gasteiger partial charge in [0.05, 0.1) is 18.0 Å². The number of nitrogens with two attached hydrogens (primary N) is 1. The molecule has 1 saturated heterocycles. The number of hydroxylamine groups is 1. The summed E-state index contributed by atoms with van der Waals surface area (Å²) in [6.07, 6.45) is 0.907. The summed E-state index contributed by atoms with van der Waals surface area (Å²) in [6.45, 7) is 1.35. The Balaban J connectivity index is 2.48. The van der Waals surface area contributed by atoms with Gasteiger partial charge in [-0.05, 0) is 18.6 Å². The molecular formula is C11H17N3O3S. The van der Waals surface area contributed by atoms with E-state index in [1.807, 2.05) is 0 Å². The van der Waals surface area contributed by atoms with Crippen LogP contribution in [0.5, 0.6) is 0 Å². The lowest BCUT2D eigenvalue weighted by Crippen LogP contribution is -2.25. The number of nitrogen functional groups attached to an aromatic ring is 1. The summed E-state index contributed by atoms with van der Waals surface area (Å²) < 4.78 is 25.4. The quantitative estimate of drug-likeness (QED) is 0.817. The second-order valence-electron chi connectivity index (χ2n) is 4.27. The second kappa shape index (κ2) is 4.75. The molecule has 2 rings (SSSR count). The monoisotopic (exact) mass is 271 g/mol. The minimum Gasteiger partial charge on any atom is -0.396 e. The number of para-hydroxylation sites is 1. The number of anilines is 2. The third-order valence-corrected chi connectivity index (χ3v) is 4.70. The molecule has 2 N–H and O–H groups in total. The molecule has 0 unspecified atom stereocenters. The molecule has 0 spiro atoms. The van der Waals surface area contributed by atoms with E-state index in [2.05, 4.69) is 0 Å². The van der Waals surface area contributed by atoms with Crippen LogP contribution >= 0.6 is 0 Å². The van der Waals surface area contributed by atoms with Crippen molar-refractivity contribution < 1.29 is 13.3 Å². The molecule has 6 nitrogen and oxygen atoms in total. The van der Waals surface area contributed by atoms with Gasteiger partial charge >= 0.3 is 0 Å². The fourth-order valence-electron chi connectivity index (χ4n) is 1.81. The lowest BCUT2D eigenvalue weighted by atomic mass is 10.2. The zero-order chi connectivity index (χ0) is 13.3. The topological polar surface area (TPSA) is 75.9 Å². The van der Waals surface area contributed by atoms with Gasteiger partial charge < -0.3 is 5.73 Å². The van der Waals surface area contributed by atoms with Gasteiger partial charge in [0.1, 0.15) is 4.90 Å². The smallest absolute Gasteiger partial charge is 0.244 e. The van der Waals surface area contributed by atoms with Gasteiger partial charge in [-0.15, -0.1) is 0 Å². The molecule has 0 atom stereocenters. The molecule has 0 radical (unpaired) electrons. The van der Waals surface area contributed by atoms with Crippen LogP contribution in [0.25, 0.3) is 0 Å². The summed E-state index contributed by atoms with van der Waals surface area (Å²) >= 11 is 0. The molecule has 1 aliphatic rings. The zero-order valence-electron chi connectivity index (χ0n) is 10.5. The number of hydrogen-bond donors (Lipinski definition) is 1. The van der Waals surface area contributed by atoms with Gasteiger partial charge in [-0.3, -0.25) is 9.90 Å². The minimum absolute atomic E-state index is 0.112. The van der Waals surface area contributed by atoms with Crippen molar-refractivity contribution in [2.45, 2.75) is 11.3 Å². The Morgan fingerprint density at radius 1 is 1.39 bits per heavy atom. The second-order valence-corrected chi connectivity index (χ2v) is 6.39. The van der Waals surface area contributed by atoms with Crippen molar-refractivity contribution in [1.82, 2.24) is 4.31 Å². The molecule has 1 fully saturated rings. The van der Waals surface area contributed by atoms with Gasteiger partial charge in [0.25, 0.3) is 0 Å². The molecule has 18 heavy (non-hydrogen) atoms. The van der Waals surface area contributed by atoms with E-state index >= 15 is 0 Å².